The van der Waals surface area contributed by atoms with Gasteiger partial charge in [-0.2, -0.15) is 0 Å². The quantitative estimate of drug-likeness (QED) is 0.405. The Bertz CT molecular complexity index is 1600. The van der Waals surface area contributed by atoms with E-state index >= 15 is 0 Å². The van der Waals surface area contributed by atoms with E-state index in [0.29, 0.717) is 33.5 Å². The van der Waals surface area contributed by atoms with Crippen molar-refractivity contribution in [2.45, 2.75) is 20.8 Å². The SMILES string of the molecule is COc1ccc(C)c(-n2c(=N)c3c(O)nc4c(F)cncc4c4[nH]c(C)nc2c34)c1C. The molecule has 0 radical (unpaired) electrons. The van der Waals surface area contributed by atoms with Crippen LogP contribution < -0.4 is 10.2 Å². The number of halogens is 1. The third kappa shape index (κ3) is 2.52. The number of aromatic nitrogens is 5. The molecule has 0 saturated carbocycles. The molecule has 0 fully saturated rings. The monoisotopic (exact) mass is 418 g/mol. The summed E-state index contributed by atoms with van der Waals surface area (Å²) in [5, 5.41) is 20.8. The van der Waals surface area contributed by atoms with Crippen LogP contribution in [-0.2, 0) is 0 Å². The number of aromatic hydroxyl groups is 1. The number of methoxy groups -OCH3 is 1. The zero-order valence-electron chi connectivity index (χ0n) is 17.3. The van der Waals surface area contributed by atoms with Gasteiger partial charge in [0.1, 0.15) is 22.6 Å². The summed E-state index contributed by atoms with van der Waals surface area (Å²) >= 11 is 0. The van der Waals surface area contributed by atoms with Crippen LogP contribution in [0.1, 0.15) is 17.0 Å². The number of aryl methyl sites for hydroxylation is 2. The molecule has 4 aromatic heterocycles. The lowest BCUT2D eigenvalue weighted by molar-refractivity contribution is 0.411. The molecular formula is C22H19FN6O2. The molecule has 9 heteroatoms. The topological polar surface area (TPSA) is 113 Å². The van der Waals surface area contributed by atoms with E-state index in [1.54, 1.807) is 18.6 Å². The summed E-state index contributed by atoms with van der Waals surface area (Å²) in [6.07, 6.45) is 2.53. The molecule has 156 valence electrons. The maximum absolute atomic E-state index is 14.5. The number of nitrogens with zero attached hydrogens (tertiary/aromatic N) is 4. The van der Waals surface area contributed by atoms with Crippen LogP contribution >= 0.6 is 0 Å². The highest BCUT2D eigenvalue weighted by Gasteiger charge is 2.23. The first-order valence-electron chi connectivity index (χ1n) is 9.59. The summed E-state index contributed by atoms with van der Waals surface area (Å²) in [7, 11) is 1.59. The van der Waals surface area contributed by atoms with Gasteiger partial charge in [0.25, 0.3) is 0 Å². The largest absolute Gasteiger partial charge is 0.496 e. The minimum Gasteiger partial charge on any atom is -0.496 e. The van der Waals surface area contributed by atoms with E-state index in [2.05, 4.69) is 19.9 Å². The second-order valence-electron chi connectivity index (χ2n) is 7.47. The van der Waals surface area contributed by atoms with Crippen molar-refractivity contribution < 1.29 is 14.2 Å². The highest BCUT2D eigenvalue weighted by molar-refractivity contribution is 6.16. The molecule has 8 nitrogen and oxygen atoms in total. The third-order valence-electron chi connectivity index (χ3n) is 5.59. The Morgan fingerprint density at radius 3 is 2.65 bits per heavy atom. The number of hydrogen-bond acceptors (Lipinski definition) is 6. The smallest absolute Gasteiger partial charge is 0.223 e. The number of fused-ring (bicyclic) bond motifs is 2. The van der Waals surface area contributed by atoms with Crippen LogP contribution in [0.5, 0.6) is 11.6 Å². The van der Waals surface area contributed by atoms with Crippen molar-refractivity contribution in [1.29, 1.82) is 5.41 Å². The van der Waals surface area contributed by atoms with Crippen LogP contribution in [0, 0.1) is 32.0 Å². The predicted octanol–water partition coefficient (Wildman–Crippen LogP) is 3.71. The van der Waals surface area contributed by atoms with Gasteiger partial charge < -0.3 is 14.8 Å². The zero-order chi connectivity index (χ0) is 22.0. The van der Waals surface area contributed by atoms with Gasteiger partial charge in [0.2, 0.25) is 5.88 Å². The number of ether oxygens (including phenoxy) is 1. The molecule has 0 saturated heterocycles. The Hall–Kier alpha value is -4.01. The van der Waals surface area contributed by atoms with Crippen molar-refractivity contribution >= 4 is 32.8 Å². The van der Waals surface area contributed by atoms with Gasteiger partial charge in [-0.1, -0.05) is 6.07 Å². The van der Waals surface area contributed by atoms with E-state index in [9.17, 15) is 9.50 Å². The van der Waals surface area contributed by atoms with Crippen molar-refractivity contribution in [3.63, 3.8) is 0 Å². The Balaban J connectivity index is 2.11. The van der Waals surface area contributed by atoms with Crippen LogP contribution in [0.2, 0.25) is 0 Å². The summed E-state index contributed by atoms with van der Waals surface area (Å²) < 4.78 is 21.7. The van der Waals surface area contributed by atoms with Gasteiger partial charge in [0.05, 0.1) is 35.3 Å². The maximum Gasteiger partial charge on any atom is 0.223 e. The number of benzene rings is 1. The fourth-order valence-electron chi connectivity index (χ4n) is 4.24. The van der Waals surface area contributed by atoms with E-state index in [1.807, 2.05) is 26.0 Å². The van der Waals surface area contributed by atoms with Gasteiger partial charge >= 0.3 is 0 Å². The molecule has 0 unspecified atom stereocenters. The molecule has 4 heterocycles. The normalized spacial score (nSPS) is 11.6. The van der Waals surface area contributed by atoms with Crippen LogP contribution in [0.3, 0.4) is 0 Å². The molecule has 31 heavy (non-hydrogen) atoms. The first-order valence-corrected chi connectivity index (χ1v) is 9.59. The van der Waals surface area contributed by atoms with Gasteiger partial charge in [0.15, 0.2) is 11.5 Å². The summed E-state index contributed by atoms with van der Waals surface area (Å²) in [6, 6.07) is 3.78. The second-order valence-corrected chi connectivity index (χ2v) is 7.47. The molecule has 3 N–H and O–H groups in total. The molecule has 5 aromatic rings. The van der Waals surface area contributed by atoms with Crippen molar-refractivity contribution in [2.75, 3.05) is 7.11 Å². The van der Waals surface area contributed by atoms with Crippen molar-refractivity contribution in [3.8, 4) is 17.3 Å². The lowest BCUT2D eigenvalue weighted by Crippen LogP contribution is -2.16. The van der Waals surface area contributed by atoms with Crippen LogP contribution in [0.4, 0.5) is 4.39 Å². The van der Waals surface area contributed by atoms with E-state index in [4.69, 9.17) is 10.1 Å². The second kappa shape index (κ2) is 6.49. The Labute approximate surface area is 175 Å². The average molecular weight is 418 g/mol. The van der Waals surface area contributed by atoms with E-state index in [-0.39, 0.29) is 16.4 Å². The van der Waals surface area contributed by atoms with Crippen molar-refractivity contribution in [2.24, 2.45) is 0 Å². The first kappa shape index (κ1) is 19.0. The summed E-state index contributed by atoms with van der Waals surface area (Å²) in [5.74, 6) is 0.118. The molecular weight excluding hydrogens is 399 g/mol. The molecule has 0 aliphatic rings. The van der Waals surface area contributed by atoms with Crippen LogP contribution in [0.25, 0.3) is 38.5 Å². The van der Waals surface area contributed by atoms with E-state index in [1.165, 1.54) is 6.20 Å². The predicted molar refractivity (Wildman–Crippen MR) is 114 cm³/mol. The fourth-order valence-corrected chi connectivity index (χ4v) is 4.24. The fraction of sp³-hybridized carbons (Fsp3) is 0.182. The highest BCUT2D eigenvalue weighted by atomic mass is 19.1. The van der Waals surface area contributed by atoms with Crippen LogP contribution in [-0.4, -0.2) is 36.7 Å². The number of nitrogens with one attached hydrogen (secondary N) is 2. The molecule has 0 spiro atoms. The number of H-pyrrole nitrogens is 1. The number of aromatic amines is 1. The highest BCUT2D eigenvalue weighted by Crippen LogP contribution is 2.35. The van der Waals surface area contributed by atoms with Crippen molar-refractivity contribution in [1.82, 2.24) is 24.5 Å². The maximum atomic E-state index is 14.5. The van der Waals surface area contributed by atoms with E-state index < -0.39 is 11.7 Å². The Morgan fingerprint density at radius 2 is 1.90 bits per heavy atom. The first-order chi connectivity index (χ1) is 14.8. The Kier molecular flexibility index (Phi) is 3.98. The lowest BCUT2D eigenvalue weighted by Gasteiger charge is -2.15. The van der Waals surface area contributed by atoms with Crippen LogP contribution in [0.15, 0.2) is 24.5 Å². The molecule has 0 bridgehead atoms. The number of pyridine rings is 1. The van der Waals surface area contributed by atoms with E-state index in [0.717, 1.165) is 23.0 Å². The summed E-state index contributed by atoms with van der Waals surface area (Å²) in [5.41, 5.74) is 3.37. The zero-order valence-corrected chi connectivity index (χ0v) is 17.3. The van der Waals surface area contributed by atoms with Gasteiger partial charge in [-0.25, -0.2) is 14.4 Å². The molecule has 0 aliphatic carbocycles. The summed E-state index contributed by atoms with van der Waals surface area (Å²) in [6.45, 7) is 5.62. The average Bonchev–Trinajstić information content (AvgIpc) is 2.93. The minimum absolute atomic E-state index is 0.00961. The standard InChI is InChI=1S/C22H19FN6O2/c1-9-5-6-14(31-4)10(2)19(9)29-20(24)16-15-18(26-11(3)27-21(15)29)12-7-25-8-13(23)17(12)28-22(16)30/h5-8,24,30H,1-4H3,(H,26,27). The van der Waals surface area contributed by atoms with Gasteiger partial charge in [0, 0.05) is 17.1 Å². The number of rotatable bonds is 2. The minimum atomic E-state index is -0.663. The molecule has 0 amide bonds. The van der Waals surface area contributed by atoms with Gasteiger partial charge in [-0.3, -0.25) is 15.0 Å². The Morgan fingerprint density at radius 1 is 1.13 bits per heavy atom. The van der Waals surface area contributed by atoms with Gasteiger partial charge in [-0.05, 0) is 32.4 Å². The molecule has 1 aromatic carbocycles. The lowest BCUT2D eigenvalue weighted by atomic mass is 10.1. The molecule has 5 rings (SSSR count). The molecule has 0 aliphatic heterocycles. The third-order valence-corrected chi connectivity index (χ3v) is 5.59. The number of hydrogen-bond donors (Lipinski definition) is 3. The van der Waals surface area contributed by atoms with Gasteiger partial charge in [-0.15, -0.1) is 0 Å². The van der Waals surface area contributed by atoms with Crippen molar-refractivity contribution in [3.05, 3.63) is 52.8 Å². The summed E-state index contributed by atoms with van der Waals surface area (Å²) in [4.78, 5) is 15.9. The molecule has 0 atom stereocenters.